The number of ketones is 2. The Kier molecular flexibility index (Phi) is 0.870. The van der Waals surface area contributed by atoms with Gasteiger partial charge in [-0.25, -0.2) is 4.21 Å². The van der Waals surface area contributed by atoms with Gasteiger partial charge in [0.1, 0.15) is 9.81 Å². The zero-order valence-corrected chi connectivity index (χ0v) is 5.60. The van der Waals surface area contributed by atoms with Crippen LogP contribution in [0.5, 0.6) is 0 Å². The van der Waals surface area contributed by atoms with E-state index in [-0.39, 0.29) is 21.4 Å². The molecule has 0 amide bonds. The van der Waals surface area contributed by atoms with Crippen LogP contribution in [0.25, 0.3) is 0 Å². The van der Waals surface area contributed by atoms with Gasteiger partial charge in [0.15, 0.2) is 11.6 Å². The van der Waals surface area contributed by atoms with Crippen LogP contribution in [0.2, 0.25) is 0 Å². The van der Waals surface area contributed by atoms with Crippen LogP contribution in [0.15, 0.2) is 22.0 Å². The molecule has 0 saturated carbocycles. The fourth-order valence-corrected chi connectivity index (χ4v) is 1.92. The summed E-state index contributed by atoms with van der Waals surface area (Å²) in [5.41, 5.74) is 0. The minimum Gasteiger partial charge on any atom is -0.289 e. The monoisotopic (exact) mass is 154 g/mol. The SMILES string of the molecule is O=C1C=CC(=O)C2=C1S2=O. The van der Waals surface area contributed by atoms with Gasteiger partial charge >= 0.3 is 0 Å². The van der Waals surface area contributed by atoms with Crippen molar-refractivity contribution in [1.29, 1.82) is 0 Å². The number of carbonyl (C=O) groups excluding carboxylic acids is 2. The molecule has 3 nitrogen and oxygen atoms in total. The average Bonchev–Trinajstić information content (AvgIpc) is 2.55. The van der Waals surface area contributed by atoms with Gasteiger partial charge in [-0.05, 0) is 12.2 Å². The van der Waals surface area contributed by atoms with Gasteiger partial charge in [0, 0.05) is 0 Å². The van der Waals surface area contributed by atoms with E-state index in [1.165, 1.54) is 0 Å². The molecule has 1 aliphatic heterocycles. The molecule has 2 rings (SSSR count). The predicted molar refractivity (Wildman–Crippen MR) is 34.3 cm³/mol. The molecule has 0 N–H and O–H groups in total. The molecule has 0 aromatic rings. The van der Waals surface area contributed by atoms with E-state index < -0.39 is 10.8 Å². The second-order valence-electron chi connectivity index (χ2n) is 1.99. The molecule has 0 aromatic carbocycles. The highest BCUT2D eigenvalue weighted by molar-refractivity contribution is 8.02. The number of carbonyl (C=O) groups is 2. The minimum absolute atomic E-state index is 0.201. The summed E-state index contributed by atoms with van der Waals surface area (Å²) in [6, 6.07) is 0. The molecule has 0 aromatic heterocycles. The van der Waals surface area contributed by atoms with Gasteiger partial charge in [-0.15, -0.1) is 0 Å². The van der Waals surface area contributed by atoms with Gasteiger partial charge in [-0.1, -0.05) is 0 Å². The average molecular weight is 154 g/mol. The van der Waals surface area contributed by atoms with Crippen molar-refractivity contribution in [2.24, 2.45) is 0 Å². The molecular formula is C6H2O3S. The first-order chi connectivity index (χ1) is 4.72. The molecule has 0 radical (unpaired) electrons. The van der Waals surface area contributed by atoms with Crippen molar-refractivity contribution in [1.82, 2.24) is 0 Å². The van der Waals surface area contributed by atoms with Crippen molar-refractivity contribution in [3.05, 3.63) is 22.0 Å². The summed E-state index contributed by atoms with van der Waals surface area (Å²) in [6.07, 6.45) is 2.32. The second kappa shape index (κ2) is 1.52. The maximum Gasteiger partial charge on any atom is 0.196 e. The first-order valence-electron chi connectivity index (χ1n) is 2.64. The van der Waals surface area contributed by atoms with Crippen LogP contribution in [-0.4, -0.2) is 15.8 Å². The van der Waals surface area contributed by atoms with E-state index in [0.717, 1.165) is 12.2 Å². The normalized spacial score (nSPS) is 23.6. The highest BCUT2D eigenvalue weighted by atomic mass is 32.2. The first kappa shape index (κ1) is 5.73. The van der Waals surface area contributed by atoms with Crippen molar-refractivity contribution >= 4 is 22.4 Å². The number of hydrogen-bond donors (Lipinski definition) is 0. The molecule has 50 valence electrons. The van der Waals surface area contributed by atoms with Crippen molar-refractivity contribution in [3.8, 4) is 0 Å². The molecular weight excluding hydrogens is 152 g/mol. The molecule has 0 spiro atoms. The van der Waals surface area contributed by atoms with E-state index in [1.54, 1.807) is 0 Å². The first-order valence-corrected chi connectivity index (χ1v) is 3.79. The Morgan fingerprint density at radius 3 is 1.80 bits per heavy atom. The standard InChI is InChI=1S/C6H2O3S/c7-3-1-2-4(8)6-5(3)10(6)9/h1-2H. The largest absolute Gasteiger partial charge is 0.289 e. The molecule has 1 heterocycles. The van der Waals surface area contributed by atoms with Crippen LogP contribution in [-0.2, 0) is 20.4 Å². The van der Waals surface area contributed by atoms with Crippen LogP contribution in [0.1, 0.15) is 0 Å². The molecule has 4 heteroatoms. The second-order valence-corrected chi connectivity index (χ2v) is 3.34. The zero-order chi connectivity index (χ0) is 7.30. The quantitative estimate of drug-likeness (QED) is 0.449. The van der Waals surface area contributed by atoms with Crippen LogP contribution in [0.3, 0.4) is 0 Å². The van der Waals surface area contributed by atoms with Crippen molar-refractivity contribution in [2.45, 2.75) is 0 Å². The van der Waals surface area contributed by atoms with E-state index in [2.05, 4.69) is 0 Å². The summed E-state index contributed by atoms with van der Waals surface area (Å²) < 4.78 is 10.7. The Hall–Kier alpha value is -1.03. The number of allylic oxidation sites excluding steroid dienone is 4. The van der Waals surface area contributed by atoms with E-state index in [4.69, 9.17) is 0 Å². The Balaban J connectivity index is 2.52. The van der Waals surface area contributed by atoms with Gasteiger partial charge < -0.3 is 0 Å². The lowest BCUT2D eigenvalue weighted by Crippen LogP contribution is -1.97. The summed E-state index contributed by atoms with van der Waals surface area (Å²) in [5.74, 6) is -0.569. The van der Waals surface area contributed by atoms with Crippen molar-refractivity contribution in [3.63, 3.8) is 0 Å². The van der Waals surface area contributed by atoms with Gasteiger partial charge in [-0.3, -0.25) is 9.59 Å². The fraction of sp³-hybridized carbons (Fsp3) is 0. The Bertz CT molecular complexity index is 305. The Morgan fingerprint density at radius 1 is 1.00 bits per heavy atom. The van der Waals surface area contributed by atoms with Crippen molar-refractivity contribution < 1.29 is 13.8 Å². The fourth-order valence-electron chi connectivity index (χ4n) is 0.844. The van der Waals surface area contributed by atoms with Crippen LogP contribution < -0.4 is 0 Å². The molecule has 0 bridgehead atoms. The lowest BCUT2D eigenvalue weighted by atomic mass is 10.2. The lowest BCUT2D eigenvalue weighted by molar-refractivity contribution is -0.113. The van der Waals surface area contributed by atoms with Crippen LogP contribution in [0, 0.1) is 0 Å². The highest BCUT2D eigenvalue weighted by Crippen LogP contribution is 2.36. The third-order valence-corrected chi connectivity index (χ3v) is 2.72. The highest BCUT2D eigenvalue weighted by Gasteiger charge is 2.43. The van der Waals surface area contributed by atoms with Crippen LogP contribution >= 0.6 is 0 Å². The predicted octanol–water partition coefficient (Wildman–Crippen LogP) is -0.332. The van der Waals surface area contributed by atoms with Gasteiger partial charge in [0.05, 0.1) is 10.8 Å². The number of hydrogen-bond acceptors (Lipinski definition) is 3. The zero-order valence-electron chi connectivity index (χ0n) is 4.79. The minimum atomic E-state index is -1.36. The lowest BCUT2D eigenvalue weighted by Gasteiger charge is -1.83. The molecule has 0 atom stereocenters. The smallest absolute Gasteiger partial charge is 0.196 e. The molecule has 1 aliphatic carbocycles. The Morgan fingerprint density at radius 2 is 1.40 bits per heavy atom. The molecule has 2 aliphatic rings. The van der Waals surface area contributed by atoms with Gasteiger partial charge in [0.25, 0.3) is 0 Å². The summed E-state index contributed by atoms with van der Waals surface area (Å²) in [4.78, 5) is 21.8. The van der Waals surface area contributed by atoms with E-state index in [9.17, 15) is 13.8 Å². The number of rotatable bonds is 0. The van der Waals surface area contributed by atoms with Gasteiger partial charge in [-0.2, -0.15) is 0 Å². The topological polar surface area (TPSA) is 51.2 Å². The Labute approximate surface area is 58.9 Å². The maximum absolute atomic E-state index is 10.7. The summed E-state index contributed by atoms with van der Waals surface area (Å²) in [6.45, 7) is 0. The maximum atomic E-state index is 10.7. The van der Waals surface area contributed by atoms with Gasteiger partial charge in [0.2, 0.25) is 0 Å². The van der Waals surface area contributed by atoms with E-state index in [1.807, 2.05) is 0 Å². The third kappa shape index (κ3) is 0.515. The summed E-state index contributed by atoms with van der Waals surface area (Å²) in [5, 5.41) is 0. The van der Waals surface area contributed by atoms with Crippen LogP contribution in [0.4, 0.5) is 0 Å². The van der Waals surface area contributed by atoms with E-state index >= 15 is 0 Å². The third-order valence-electron chi connectivity index (χ3n) is 1.37. The summed E-state index contributed by atoms with van der Waals surface area (Å²) >= 11 is 0. The molecule has 0 unspecified atom stereocenters. The molecule has 0 fully saturated rings. The summed E-state index contributed by atoms with van der Waals surface area (Å²) in [7, 11) is -1.36. The van der Waals surface area contributed by atoms with E-state index in [0.29, 0.717) is 0 Å². The van der Waals surface area contributed by atoms with Crippen molar-refractivity contribution in [2.75, 3.05) is 0 Å². The molecule has 10 heavy (non-hydrogen) atoms. The molecule has 0 saturated heterocycles.